The van der Waals surface area contributed by atoms with Gasteiger partial charge in [0.15, 0.2) is 11.6 Å². The molecule has 5 nitrogen and oxygen atoms in total. The highest BCUT2D eigenvalue weighted by molar-refractivity contribution is 8.00. The van der Waals surface area contributed by atoms with E-state index in [2.05, 4.69) is 9.97 Å². The largest absolute Gasteiger partial charge is 0.490 e. The van der Waals surface area contributed by atoms with Gasteiger partial charge in [0, 0.05) is 5.25 Å². The Morgan fingerprint density at radius 2 is 2.13 bits per heavy atom. The molecule has 0 fully saturated rings. The highest BCUT2D eigenvalue weighted by Gasteiger charge is 2.16. The number of nitrogens with two attached hydrogens (primary N) is 1. The number of aliphatic hydroxyl groups is 1. The Morgan fingerprint density at radius 3 is 2.67 bits per heavy atom. The Labute approximate surface area is 93.1 Å². The topological polar surface area (TPSA) is 81.3 Å². The van der Waals surface area contributed by atoms with E-state index in [1.807, 2.05) is 6.92 Å². The predicted octanol–water partition coefficient (Wildman–Crippen LogP) is 0.929. The summed E-state index contributed by atoms with van der Waals surface area (Å²) in [4.78, 5) is 7.90. The van der Waals surface area contributed by atoms with Crippen LogP contribution in [0.25, 0.3) is 0 Å². The van der Waals surface area contributed by atoms with E-state index in [0.29, 0.717) is 16.6 Å². The molecule has 0 aliphatic heterocycles. The minimum atomic E-state index is -0.420. The first kappa shape index (κ1) is 12.1. The van der Waals surface area contributed by atoms with Crippen molar-refractivity contribution in [3.63, 3.8) is 0 Å². The number of aromatic nitrogens is 2. The van der Waals surface area contributed by atoms with Crippen LogP contribution in [0.4, 0.5) is 5.82 Å². The van der Waals surface area contributed by atoms with E-state index in [0.717, 1.165) is 0 Å². The number of thioether (sulfide) groups is 1. The maximum Gasteiger partial charge on any atom is 0.193 e. The van der Waals surface area contributed by atoms with Crippen LogP contribution in [-0.2, 0) is 0 Å². The molecule has 1 aromatic rings. The van der Waals surface area contributed by atoms with Crippen LogP contribution in [0.3, 0.4) is 0 Å². The van der Waals surface area contributed by atoms with Gasteiger partial charge in [-0.05, 0) is 6.92 Å². The van der Waals surface area contributed by atoms with Crippen molar-refractivity contribution >= 4 is 17.6 Å². The van der Waals surface area contributed by atoms with Crippen LogP contribution in [0, 0.1) is 0 Å². The van der Waals surface area contributed by atoms with E-state index in [9.17, 15) is 5.11 Å². The summed E-state index contributed by atoms with van der Waals surface area (Å²) in [5.74, 6) is 0.780. The average Bonchev–Trinajstić information content (AvgIpc) is 2.18. The molecule has 0 aliphatic carbocycles. The van der Waals surface area contributed by atoms with Crippen molar-refractivity contribution in [3.8, 4) is 5.75 Å². The fourth-order valence-corrected chi connectivity index (χ4v) is 1.87. The third kappa shape index (κ3) is 2.97. The number of rotatable bonds is 4. The van der Waals surface area contributed by atoms with Gasteiger partial charge in [-0.15, -0.1) is 0 Å². The molecule has 2 atom stereocenters. The van der Waals surface area contributed by atoms with Crippen LogP contribution in [0.5, 0.6) is 5.75 Å². The number of ether oxygens (including phenoxy) is 1. The molecule has 3 N–H and O–H groups in total. The second-order valence-corrected chi connectivity index (χ2v) is 4.53. The Kier molecular flexibility index (Phi) is 4.16. The van der Waals surface area contributed by atoms with Crippen molar-refractivity contribution in [2.75, 3.05) is 12.8 Å². The van der Waals surface area contributed by atoms with Gasteiger partial charge in [0.05, 0.1) is 13.2 Å². The molecule has 0 bridgehead atoms. The van der Waals surface area contributed by atoms with E-state index >= 15 is 0 Å². The van der Waals surface area contributed by atoms with Gasteiger partial charge < -0.3 is 15.6 Å². The first-order valence-corrected chi connectivity index (χ1v) is 5.43. The van der Waals surface area contributed by atoms with Gasteiger partial charge in [-0.1, -0.05) is 18.7 Å². The standard InChI is InChI=1S/C9H15N3O2S/c1-5(13)6(2)15-9-7(14-3)8(10)11-4-12-9/h4-6,13H,1-3H3,(H2,10,11,12). The van der Waals surface area contributed by atoms with Gasteiger partial charge in [-0.2, -0.15) is 0 Å². The number of aliphatic hydroxyl groups excluding tert-OH is 1. The minimum Gasteiger partial charge on any atom is -0.490 e. The molecule has 1 heterocycles. The van der Waals surface area contributed by atoms with Crippen molar-refractivity contribution in [1.29, 1.82) is 0 Å². The summed E-state index contributed by atoms with van der Waals surface area (Å²) in [6.07, 6.45) is 0.963. The highest BCUT2D eigenvalue weighted by atomic mass is 32.2. The molecule has 0 amide bonds. The summed E-state index contributed by atoms with van der Waals surface area (Å²) < 4.78 is 5.10. The summed E-state index contributed by atoms with van der Waals surface area (Å²) in [6.45, 7) is 3.64. The molecule has 1 aromatic heterocycles. The molecule has 6 heteroatoms. The van der Waals surface area contributed by atoms with Crippen LogP contribution in [0.15, 0.2) is 11.4 Å². The van der Waals surface area contributed by atoms with E-state index in [1.54, 1.807) is 6.92 Å². The maximum atomic E-state index is 9.38. The van der Waals surface area contributed by atoms with Crippen molar-refractivity contribution in [2.24, 2.45) is 0 Å². The number of hydrogen-bond acceptors (Lipinski definition) is 6. The fraction of sp³-hybridized carbons (Fsp3) is 0.556. The van der Waals surface area contributed by atoms with Crippen LogP contribution < -0.4 is 10.5 Å². The van der Waals surface area contributed by atoms with Crippen molar-refractivity contribution in [1.82, 2.24) is 9.97 Å². The minimum absolute atomic E-state index is 0.0215. The number of hydrogen-bond donors (Lipinski definition) is 2. The van der Waals surface area contributed by atoms with E-state index < -0.39 is 6.10 Å². The first-order valence-electron chi connectivity index (χ1n) is 4.55. The second kappa shape index (κ2) is 5.18. The normalized spacial score (nSPS) is 14.7. The average molecular weight is 229 g/mol. The molecule has 0 aromatic carbocycles. The maximum absolute atomic E-state index is 9.38. The monoisotopic (exact) mass is 229 g/mol. The highest BCUT2D eigenvalue weighted by Crippen LogP contribution is 2.33. The van der Waals surface area contributed by atoms with Crippen LogP contribution in [0.1, 0.15) is 13.8 Å². The number of methoxy groups -OCH3 is 1. The molecule has 0 aliphatic rings. The van der Waals surface area contributed by atoms with Gasteiger partial charge >= 0.3 is 0 Å². The molecule has 0 spiro atoms. The zero-order valence-corrected chi connectivity index (χ0v) is 9.78. The number of anilines is 1. The molecule has 84 valence electrons. The second-order valence-electron chi connectivity index (χ2n) is 3.16. The molecule has 0 saturated heterocycles. The van der Waals surface area contributed by atoms with E-state index in [-0.39, 0.29) is 5.25 Å². The van der Waals surface area contributed by atoms with E-state index in [1.165, 1.54) is 25.2 Å². The Bertz CT molecular complexity index is 333. The molecule has 1 rings (SSSR count). The van der Waals surface area contributed by atoms with Crippen LogP contribution in [0.2, 0.25) is 0 Å². The molecule has 0 radical (unpaired) electrons. The van der Waals surface area contributed by atoms with E-state index in [4.69, 9.17) is 10.5 Å². The van der Waals surface area contributed by atoms with Crippen molar-refractivity contribution in [2.45, 2.75) is 30.2 Å². The van der Waals surface area contributed by atoms with Gasteiger partial charge in [0.25, 0.3) is 0 Å². The van der Waals surface area contributed by atoms with Crippen molar-refractivity contribution < 1.29 is 9.84 Å². The summed E-state index contributed by atoms with van der Waals surface area (Å²) >= 11 is 1.41. The lowest BCUT2D eigenvalue weighted by molar-refractivity contribution is 0.196. The predicted molar refractivity (Wildman–Crippen MR) is 60.0 cm³/mol. The zero-order chi connectivity index (χ0) is 11.4. The Balaban J connectivity index is 2.89. The quantitative estimate of drug-likeness (QED) is 0.590. The fourth-order valence-electron chi connectivity index (χ4n) is 0.921. The van der Waals surface area contributed by atoms with Crippen LogP contribution in [-0.4, -0.2) is 33.5 Å². The SMILES string of the molecule is COc1c(N)ncnc1SC(C)C(C)O. The summed E-state index contributed by atoms with van der Waals surface area (Å²) in [5.41, 5.74) is 5.63. The van der Waals surface area contributed by atoms with Gasteiger partial charge in [-0.3, -0.25) is 0 Å². The lowest BCUT2D eigenvalue weighted by Gasteiger charge is -2.15. The Hall–Kier alpha value is -1.01. The van der Waals surface area contributed by atoms with Gasteiger partial charge in [-0.25, -0.2) is 9.97 Å². The van der Waals surface area contributed by atoms with Gasteiger partial charge in [0.2, 0.25) is 0 Å². The first-order chi connectivity index (χ1) is 7.06. The number of nitrogens with zero attached hydrogens (tertiary/aromatic N) is 2. The van der Waals surface area contributed by atoms with Crippen LogP contribution >= 0.6 is 11.8 Å². The molecule has 0 saturated carbocycles. The molecular weight excluding hydrogens is 214 g/mol. The zero-order valence-electron chi connectivity index (χ0n) is 8.97. The third-order valence-electron chi connectivity index (χ3n) is 1.98. The van der Waals surface area contributed by atoms with Gasteiger partial charge in [0.1, 0.15) is 11.4 Å². The molecule has 15 heavy (non-hydrogen) atoms. The smallest absolute Gasteiger partial charge is 0.193 e. The number of nitrogen functional groups attached to an aromatic ring is 1. The Morgan fingerprint density at radius 1 is 1.47 bits per heavy atom. The molecule has 2 unspecified atom stereocenters. The lowest BCUT2D eigenvalue weighted by Crippen LogP contribution is -2.15. The third-order valence-corrected chi connectivity index (χ3v) is 3.26. The summed E-state index contributed by atoms with van der Waals surface area (Å²) in [6, 6.07) is 0. The van der Waals surface area contributed by atoms with Crippen molar-refractivity contribution in [3.05, 3.63) is 6.33 Å². The summed E-state index contributed by atoms with van der Waals surface area (Å²) in [5, 5.41) is 10.1. The molecular formula is C9H15N3O2S. The summed E-state index contributed by atoms with van der Waals surface area (Å²) in [7, 11) is 1.52. The lowest BCUT2D eigenvalue weighted by atomic mass is 10.3.